The zero-order valence-electron chi connectivity index (χ0n) is 7.74. The highest BCUT2D eigenvalue weighted by Crippen LogP contribution is 2.16. The van der Waals surface area contributed by atoms with Crippen LogP contribution < -0.4 is 17.2 Å². The zero-order chi connectivity index (χ0) is 9.68. The van der Waals surface area contributed by atoms with E-state index in [1.165, 1.54) is 0 Å². The summed E-state index contributed by atoms with van der Waals surface area (Å²) in [5.41, 5.74) is 18.8. The molecule has 0 spiro atoms. The number of hydrogen-bond donors (Lipinski definition) is 3. The molecule has 13 heavy (non-hydrogen) atoms. The predicted octanol–water partition coefficient (Wildman–Crippen LogP) is 1.01. The summed E-state index contributed by atoms with van der Waals surface area (Å²) in [4.78, 5) is 0. The summed E-state index contributed by atoms with van der Waals surface area (Å²) in [6.45, 7) is 0.697. The predicted molar refractivity (Wildman–Crippen MR) is 56.1 cm³/mol. The van der Waals surface area contributed by atoms with Gasteiger partial charge in [-0.25, -0.2) is 0 Å². The van der Waals surface area contributed by atoms with Gasteiger partial charge >= 0.3 is 0 Å². The third kappa shape index (κ3) is 3.05. The minimum absolute atomic E-state index is 0.0872. The molecule has 1 aromatic carbocycles. The summed E-state index contributed by atoms with van der Waals surface area (Å²) in [5.74, 6) is 0. The van der Waals surface area contributed by atoms with Crippen LogP contribution in [-0.2, 0) is 0 Å². The molecule has 0 amide bonds. The van der Waals surface area contributed by atoms with Crippen LogP contribution in [0.25, 0.3) is 0 Å². The molecule has 6 N–H and O–H groups in total. The van der Waals surface area contributed by atoms with Crippen LogP contribution in [0.2, 0.25) is 0 Å². The maximum absolute atomic E-state index is 5.93. The second kappa shape index (κ2) is 4.84. The van der Waals surface area contributed by atoms with E-state index in [9.17, 15) is 0 Å². The molecular weight excluding hydrogens is 162 g/mol. The second-order valence-electron chi connectivity index (χ2n) is 3.20. The molecule has 0 fully saturated rings. The van der Waals surface area contributed by atoms with E-state index in [-0.39, 0.29) is 6.04 Å². The molecule has 72 valence electrons. The third-order valence-electron chi connectivity index (χ3n) is 2.08. The fourth-order valence-corrected chi connectivity index (χ4v) is 1.25. The topological polar surface area (TPSA) is 78.1 Å². The number of anilines is 1. The van der Waals surface area contributed by atoms with E-state index in [0.717, 1.165) is 24.1 Å². The molecule has 3 heteroatoms. The first kappa shape index (κ1) is 10.0. The summed E-state index contributed by atoms with van der Waals surface area (Å²) in [6, 6.07) is 7.77. The Balaban J connectivity index is 2.55. The molecule has 0 saturated heterocycles. The van der Waals surface area contributed by atoms with E-state index < -0.39 is 0 Å². The standard InChI is InChI=1S/C10H17N3/c11-7-1-2-10(13)8-3-5-9(12)6-4-8/h3-6,10H,1-2,7,11-13H2. The Morgan fingerprint density at radius 2 is 1.77 bits per heavy atom. The number of benzene rings is 1. The van der Waals surface area contributed by atoms with Crippen LogP contribution in [0, 0.1) is 0 Å². The SMILES string of the molecule is NCCCC(N)c1ccc(N)cc1. The van der Waals surface area contributed by atoms with Gasteiger partial charge in [0, 0.05) is 11.7 Å². The minimum Gasteiger partial charge on any atom is -0.399 e. The van der Waals surface area contributed by atoms with Crippen molar-refractivity contribution < 1.29 is 0 Å². The maximum atomic E-state index is 5.93. The molecule has 1 aromatic rings. The maximum Gasteiger partial charge on any atom is 0.0314 e. The third-order valence-corrected chi connectivity index (χ3v) is 2.08. The number of rotatable bonds is 4. The number of nitrogens with two attached hydrogens (primary N) is 3. The van der Waals surface area contributed by atoms with Crippen molar-refractivity contribution in [1.82, 2.24) is 0 Å². The first-order chi connectivity index (χ1) is 6.24. The van der Waals surface area contributed by atoms with Gasteiger partial charge in [0.2, 0.25) is 0 Å². The molecular formula is C10H17N3. The molecule has 3 nitrogen and oxygen atoms in total. The van der Waals surface area contributed by atoms with E-state index in [1.54, 1.807) is 0 Å². The van der Waals surface area contributed by atoms with Crippen molar-refractivity contribution in [3.63, 3.8) is 0 Å². The van der Waals surface area contributed by atoms with Gasteiger partial charge in [0.25, 0.3) is 0 Å². The van der Waals surface area contributed by atoms with Gasteiger partial charge in [-0.3, -0.25) is 0 Å². The highest BCUT2D eigenvalue weighted by atomic mass is 14.6. The van der Waals surface area contributed by atoms with Gasteiger partial charge in [-0.1, -0.05) is 12.1 Å². The van der Waals surface area contributed by atoms with Crippen molar-refractivity contribution in [3.8, 4) is 0 Å². The molecule has 0 radical (unpaired) electrons. The Labute approximate surface area is 78.9 Å². The largest absolute Gasteiger partial charge is 0.399 e. The van der Waals surface area contributed by atoms with Crippen molar-refractivity contribution in [1.29, 1.82) is 0 Å². The minimum atomic E-state index is 0.0872. The van der Waals surface area contributed by atoms with Crippen LogP contribution in [0.4, 0.5) is 5.69 Å². The van der Waals surface area contributed by atoms with Crippen molar-refractivity contribution in [2.75, 3.05) is 12.3 Å². The first-order valence-corrected chi connectivity index (χ1v) is 4.55. The summed E-state index contributed by atoms with van der Waals surface area (Å²) >= 11 is 0. The average molecular weight is 179 g/mol. The summed E-state index contributed by atoms with van der Waals surface area (Å²) in [5, 5.41) is 0. The molecule has 1 rings (SSSR count). The average Bonchev–Trinajstić information content (AvgIpc) is 2.15. The van der Waals surface area contributed by atoms with E-state index >= 15 is 0 Å². The normalized spacial score (nSPS) is 12.8. The van der Waals surface area contributed by atoms with Crippen molar-refractivity contribution in [2.24, 2.45) is 11.5 Å². The number of nitrogen functional groups attached to an aromatic ring is 1. The van der Waals surface area contributed by atoms with E-state index in [0.29, 0.717) is 6.54 Å². The van der Waals surface area contributed by atoms with Crippen LogP contribution in [0.15, 0.2) is 24.3 Å². The molecule has 0 bridgehead atoms. The lowest BCUT2D eigenvalue weighted by Crippen LogP contribution is -2.12. The fraction of sp³-hybridized carbons (Fsp3) is 0.400. The highest BCUT2D eigenvalue weighted by molar-refractivity contribution is 5.40. The van der Waals surface area contributed by atoms with Gasteiger partial charge in [0.15, 0.2) is 0 Å². The Morgan fingerprint density at radius 3 is 2.31 bits per heavy atom. The molecule has 0 saturated carbocycles. The van der Waals surface area contributed by atoms with Gasteiger partial charge in [-0.2, -0.15) is 0 Å². The molecule has 0 aromatic heterocycles. The Bertz CT molecular complexity index is 243. The first-order valence-electron chi connectivity index (χ1n) is 4.55. The lowest BCUT2D eigenvalue weighted by molar-refractivity contribution is 0.618. The molecule has 0 heterocycles. The monoisotopic (exact) mass is 179 g/mol. The summed E-state index contributed by atoms with van der Waals surface area (Å²) in [6.07, 6.45) is 1.89. The molecule has 0 aliphatic carbocycles. The quantitative estimate of drug-likeness (QED) is 0.603. The summed E-state index contributed by atoms with van der Waals surface area (Å²) in [7, 11) is 0. The van der Waals surface area contributed by atoms with Crippen molar-refractivity contribution in [2.45, 2.75) is 18.9 Å². The molecule has 1 unspecified atom stereocenters. The van der Waals surface area contributed by atoms with Gasteiger partial charge in [0.05, 0.1) is 0 Å². The van der Waals surface area contributed by atoms with E-state index in [1.807, 2.05) is 24.3 Å². The lowest BCUT2D eigenvalue weighted by Gasteiger charge is -2.11. The van der Waals surface area contributed by atoms with E-state index in [2.05, 4.69) is 0 Å². The van der Waals surface area contributed by atoms with Crippen LogP contribution >= 0.6 is 0 Å². The molecule has 1 atom stereocenters. The fourth-order valence-electron chi connectivity index (χ4n) is 1.25. The van der Waals surface area contributed by atoms with Crippen LogP contribution in [-0.4, -0.2) is 6.54 Å². The lowest BCUT2D eigenvalue weighted by atomic mass is 10.0. The van der Waals surface area contributed by atoms with Crippen LogP contribution in [0.5, 0.6) is 0 Å². The second-order valence-corrected chi connectivity index (χ2v) is 3.20. The Kier molecular flexibility index (Phi) is 3.73. The van der Waals surface area contributed by atoms with Crippen molar-refractivity contribution >= 4 is 5.69 Å². The Hall–Kier alpha value is -1.06. The molecule has 0 aliphatic rings. The van der Waals surface area contributed by atoms with Crippen LogP contribution in [0.3, 0.4) is 0 Å². The number of hydrogen-bond acceptors (Lipinski definition) is 3. The van der Waals surface area contributed by atoms with Crippen molar-refractivity contribution in [3.05, 3.63) is 29.8 Å². The smallest absolute Gasteiger partial charge is 0.0314 e. The van der Waals surface area contributed by atoms with Gasteiger partial charge < -0.3 is 17.2 Å². The Morgan fingerprint density at radius 1 is 1.15 bits per heavy atom. The van der Waals surface area contributed by atoms with Gasteiger partial charge in [-0.05, 0) is 37.1 Å². The van der Waals surface area contributed by atoms with Gasteiger partial charge in [-0.15, -0.1) is 0 Å². The highest BCUT2D eigenvalue weighted by Gasteiger charge is 2.03. The van der Waals surface area contributed by atoms with Crippen LogP contribution in [0.1, 0.15) is 24.4 Å². The molecule has 0 aliphatic heterocycles. The summed E-state index contributed by atoms with van der Waals surface area (Å²) < 4.78 is 0. The zero-order valence-corrected chi connectivity index (χ0v) is 7.74. The van der Waals surface area contributed by atoms with E-state index in [4.69, 9.17) is 17.2 Å². The van der Waals surface area contributed by atoms with Gasteiger partial charge in [0.1, 0.15) is 0 Å².